The van der Waals surface area contributed by atoms with Crippen molar-refractivity contribution in [1.29, 1.82) is 0 Å². The first-order chi connectivity index (χ1) is 17.0. The van der Waals surface area contributed by atoms with Crippen LogP contribution in [0.25, 0.3) is 22.0 Å². The minimum atomic E-state index is -0.299. The molecule has 0 aliphatic rings. The topological polar surface area (TPSA) is 64.5 Å². The summed E-state index contributed by atoms with van der Waals surface area (Å²) in [5, 5.41) is 11.3. The Labute approximate surface area is 208 Å². The molecule has 0 saturated heterocycles. The van der Waals surface area contributed by atoms with Gasteiger partial charge in [-0.2, -0.15) is 0 Å². The van der Waals surface area contributed by atoms with Crippen LogP contribution in [0, 0.1) is 5.82 Å². The molecule has 0 aliphatic carbocycles. The van der Waals surface area contributed by atoms with Crippen molar-refractivity contribution in [2.45, 2.75) is 11.4 Å². The van der Waals surface area contributed by atoms with Crippen molar-refractivity contribution >= 4 is 28.4 Å². The molecule has 0 spiro atoms. The van der Waals surface area contributed by atoms with Gasteiger partial charge in [0.1, 0.15) is 16.5 Å². The summed E-state index contributed by atoms with van der Waals surface area (Å²) in [6, 6.07) is 19.7. The number of hydrogen-bond acceptors (Lipinski definition) is 6. The third-order valence-electron chi connectivity index (χ3n) is 5.71. The lowest BCUT2D eigenvalue weighted by atomic mass is 10.1. The van der Waals surface area contributed by atoms with Crippen LogP contribution in [-0.4, -0.2) is 54.6 Å². The molecule has 1 aromatic heterocycles. The van der Waals surface area contributed by atoms with E-state index < -0.39 is 0 Å². The first-order valence-corrected chi connectivity index (χ1v) is 12.1. The number of rotatable bonds is 9. The average Bonchev–Trinajstić information content (AvgIpc) is 2.90. The van der Waals surface area contributed by atoms with Gasteiger partial charge < -0.3 is 14.4 Å². The maximum atomic E-state index is 13.4. The predicted molar refractivity (Wildman–Crippen MR) is 137 cm³/mol. The third-order valence-corrected chi connectivity index (χ3v) is 6.68. The van der Waals surface area contributed by atoms with E-state index in [1.54, 1.807) is 38.3 Å². The van der Waals surface area contributed by atoms with Crippen LogP contribution < -0.4 is 9.47 Å². The van der Waals surface area contributed by atoms with Crippen molar-refractivity contribution in [1.82, 2.24) is 15.1 Å². The van der Waals surface area contributed by atoms with Crippen LogP contribution in [0.4, 0.5) is 4.39 Å². The molecule has 0 N–H and O–H groups in total. The van der Waals surface area contributed by atoms with Crippen LogP contribution in [0.2, 0.25) is 0 Å². The number of fused-ring (bicyclic) bond motifs is 1. The normalized spacial score (nSPS) is 10.9. The lowest BCUT2D eigenvalue weighted by molar-refractivity contribution is -0.127. The number of amides is 1. The first-order valence-electron chi connectivity index (χ1n) is 11.1. The highest BCUT2D eigenvalue weighted by Crippen LogP contribution is 2.32. The molecule has 1 heterocycles. The summed E-state index contributed by atoms with van der Waals surface area (Å²) in [5.74, 6) is 1.30. The molecule has 0 bridgehead atoms. The maximum Gasteiger partial charge on any atom is 0.232 e. The molecule has 6 nitrogen and oxygen atoms in total. The minimum absolute atomic E-state index is 0.00367. The lowest BCUT2D eigenvalue weighted by Crippen LogP contribution is -2.30. The van der Waals surface area contributed by atoms with Crippen LogP contribution in [0.5, 0.6) is 11.5 Å². The summed E-state index contributed by atoms with van der Waals surface area (Å²) in [4.78, 5) is 14.5. The van der Waals surface area contributed by atoms with E-state index in [-0.39, 0.29) is 17.5 Å². The zero-order valence-electron chi connectivity index (χ0n) is 19.8. The predicted octanol–water partition coefficient (Wildman–Crippen LogP) is 5.25. The number of carbonyl (C=O) groups is 1. The number of nitrogens with zero attached hydrogens (tertiary/aromatic N) is 3. The van der Waals surface area contributed by atoms with Crippen molar-refractivity contribution in [2.24, 2.45) is 0 Å². The lowest BCUT2D eigenvalue weighted by Gasteiger charge is -2.18. The monoisotopic (exact) mass is 491 g/mol. The molecule has 4 aromatic rings. The number of halogens is 1. The number of ether oxygens (including phenoxy) is 2. The summed E-state index contributed by atoms with van der Waals surface area (Å²) in [6.45, 7) is 0.574. The van der Waals surface area contributed by atoms with Gasteiger partial charge >= 0.3 is 0 Å². The van der Waals surface area contributed by atoms with Crippen molar-refractivity contribution in [2.75, 3.05) is 33.6 Å². The summed E-state index contributed by atoms with van der Waals surface area (Å²) >= 11 is 1.36. The number of carbonyl (C=O) groups excluding carboxylic acids is 1. The highest BCUT2D eigenvalue weighted by atomic mass is 32.2. The average molecular weight is 492 g/mol. The summed E-state index contributed by atoms with van der Waals surface area (Å²) in [5.41, 5.74) is 2.53. The molecule has 4 rings (SSSR count). The van der Waals surface area contributed by atoms with E-state index in [4.69, 9.17) is 9.47 Å². The second kappa shape index (κ2) is 11.2. The summed E-state index contributed by atoms with van der Waals surface area (Å²) < 4.78 is 24.0. The fraction of sp³-hybridized carbons (Fsp3) is 0.222. The molecule has 0 fully saturated rings. The Morgan fingerprint density at radius 2 is 1.66 bits per heavy atom. The molecule has 35 heavy (non-hydrogen) atoms. The van der Waals surface area contributed by atoms with Gasteiger partial charge in [-0.25, -0.2) is 4.39 Å². The van der Waals surface area contributed by atoms with Gasteiger partial charge in [0.25, 0.3) is 0 Å². The molecular weight excluding hydrogens is 465 g/mol. The van der Waals surface area contributed by atoms with Crippen LogP contribution in [0.1, 0.15) is 5.56 Å². The van der Waals surface area contributed by atoms with Crippen LogP contribution in [0.15, 0.2) is 71.8 Å². The van der Waals surface area contributed by atoms with Gasteiger partial charge in [-0.3, -0.25) is 4.79 Å². The molecule has 8 heteroatoms. The number of methoxy groups -OCH3 is 2. The van der Waals surface area contributed by atoms with Crippen molar-refractivity contribution in [3.8, 4) is 22.8 Å². The number of likely N-dealkylation sites (N-methyl/N-ethyl adjacent to an activating group) is 1. The second-order valence-corrected chi connectivity index (χ2v) is 8.91. The Kier molecular flexibility index (Phi) is 7.82. The van der Waals surface area contributed by atoms with E-state index in [0.29, 0.717) is 35.2 Å². The molecule has 3 aromatic carbocycles. The Hall–Kier alpha value is -3.65. The van der Waals surface area contributed by atoms with Gasteiger partial charge in [0.15, 0.2) is 11.5 Å². The number of hydrogen-bond donors (Lipinski definition) is 0. The minimum Gasteiger partial charge on any atom is -0.493 e. The van der Waals surface area contributed by atoms with Gasteiger partial charge in [-0.05, 0) is 48.4 Å². The first kappa shape index (κ1) is 24.5. The van der Waals surface area contributed by atoms with Crippen LogP contribution >= 0.6 is 11.8 Å². The van der Waals surface area contributed by atoms with Gasteiger partial charge in [0.05, 0.1) is 20.0 Å². The van der Waals surface area contributed by atoms with Crippen molar-refractivity contribution in [3.63, 3.8) is 0 Å². The van der Waals surface area contributed by atoms with E-state index in [1.807, 2.05) is 42.5 Å². The second-order valence-electron chi connectivity index (χ2n) is 7.95. The van der Waals surface area contributed by atoms with Crippen LogP contribution in [0.3, 0.4) is 0 Å². The fourth-order valence-corrected chi connectivity index (χ4v) is 4.62. The maximum absolute atomic E-state index is 13.4. The molecule has 0 unspecified atom stereocenters. The zero-order valence-corrected chi connectivity index (χ0v) is 20.6. The number of aromatic nitrogens is 2. The standard InChI is InChI=1S/C27H26FN3O3S/c1-31(15-14-18-8-13-23(33-2)24(16-18)34-3)25(32)17-35-27-22-7-5-4-6-21(22)26(29-30-27)19-9-11-20(28)12-10-19/h4-13,16H,14-15,17H2,1-3H3. The van der Waals surface area contributed by atoms with E-state index in [9.17, 15) is 9.18 Å². The largest absolute Gasteiger partial charge is 0.493 e. The molecule has 0 aliphatic heterocycles. The SMILES string of the molecule is COc1ccc(CCN(C)C(=O)CSc2nnc(-c3ccc(F)cc3)c3ccccc23)cc1OC. The van der Waals surface area contributed by atoms with E-state index in [1.165, 1.54) is 23.9 Å². The van der Waals surface area contributed by atoms with E-state index in [0.717, 1.165) is 21.9 Å². The van der Waals surface area contributed by atoms with Crippen LogP contribution in [-0.2, 0) is 11.2 Å². The van der Waals surface area contributed by atoms with Gasteiger partial charge in [-0.15, -0.1) is 10.2 Å². The van der Waals surface area contributed by atoms with Gasteiger partial charge in [0.2, 0.25) is 5.91 Å². The molecule has 1 amide bonds. The molecular formula is C27H26FN3O3S. The molecule has 180 valence electrons. The van der Waals surface area contributed by atoms with Crippen molar-refractivity contribution < 1.29 is 18.7 Å². The van der Waals surface area contributed by atoms with Crippen molar-refractivity contribution in [3.05, 3.63) is 78.1 Å². The van der Waals surface area contributed by atoms with E-state index in [2.05, 4.69) is 10.2 Å². The van der Waals surface area contributed by atoms with E-state index >= 15 is 0 Å². The number of thioether (sulfide) groups is 1. The Bertz CT molecular complexity index is 1330. The molecule has 0 atom stereocenters. The summed E-state index contributed by atoms with van der Waals surface area (Å²) in [6.07, 6.45) is 0.697. The highest BCUT2D eigenvalue weighted by molar-refractivity contribution is 8.00. The summed E-state index contributed by atoms with van der Waals surface area (Å²) in [7, 11) is 5.00. The quantitative estimate of drug-likeness (QED) is 0.298. The molecule has 0 radical (unpaired) electrons. The highest BCUT2D eigenvalue weighted by Gasteiger charge is 2.15. The Balaban J connectivity index is 1.42. The number of benzene rings is 3. The van der Waals surface area contributed by atoms with Gasteiger partial charge in [0, 0.05) is 29.9 Å². The zero-order chi connectivity index (χ0) is 24.8. The smallest absolute Gasteiger partial charge is 0.232 e. The Morgan fingerprint density at radius 1 is 0.943 bits per heavy atom. The molecule has 0 saturated carbocycles. The van der Waals surface area contributed by atoms with Gasteiger partial charge in [-0.1, -0.05) is 42.1 Å². The Morgan fingerprint density at radius 3 is 2.37 bits per heavy atom. The fourth-order valence-electron chi connectivity index (χ4n) is 3.70. The third kappa shape index (κ3) is 5.71.